The van der Waals surface area contributed by atoms with E-state index in [1.54, 1.807) is 0 Å². The molecule has 71 valence electrons. The van der Waals surface area contributed by atoms with Gasteiger partial charge in [-0.3, -0.25) is 0 Å². The third-order valence-electron chi connectivity index (χ3n) is 2.48. The van der Waals surface area contributed by atoms with Crippen molar-refractivity contribution < 1.29 is 4.84 Å². The first-order valence-corrected chi connectivity index (χ1v) is 4.45. The van der Waals surface area contributed by atoms with Crippen LogP contribution in [0.3, 0.4) is 0 Å². The van der Waals surface area contributed by atoms with Crippen molar-refractivity contribution in [1.29, 1.82) is 0 Å². The standard InChI is InChI=1S/C11H16NO/c1-8(2)10-6-5-9(3)11(7-10)12-13-4/h5,10H,1,4,6-7H2,2-3H3/b12-11+. The van der Waals surface area contributed by atoms with Gasteiger partial charge in [-0.15, -0.1) is 0 Å². The van der Waals surface area contributed by atoms with Crippen LogP contribution in [0.5, 0.6) is 0 Å². The van der Waals surface area contributed by atoms with E-state index >= 15 is 0 Å². The van der Waals surface area contributed by atoms with Gasteiger partial charge < -0.3 is 4.84 Å². The Labute approximate surface area is 80.0 Å². The first-order chi connectivity index (χ1) is 6.15. The van der Waals surface area contributed by atoms with Gasteiger partial charge in [-0.05, 0) is 31.8 Å². The Hall–Kier alpha value is -1.05. The largest absolute Gasteiger partial charge is 0.392 e. The van der Waals surface area contributed by atoms with Crippen molar-refractivity contribution in [3.05, 3.63) is 30.9 Å². The van der Waals surface area contributed by atoms with Crippen LogP contribution in [-0.2, 0) is 4.84 Å². The van der Waals surface area contributed by atoms with Crippen LogP contribution in [0.25, 0.3) is 0 Å². The molecule has 0 aromatic carbocycles. The molecule has 1 radical (unpaired) electrons. The Balaban J connectivity index is 2.77. The highest BCUT2D eigenvalue weighted by Gasteiger charge is 2.18. The molecule has 0 aliphatic heterocycles. The van der Waals surface area contributed by atoms with Crippen LogP contribution >= 0.6 is 0 Å². The Morgan fingerprint density at radius 1 is 1.69 bits per heavy atom. The van der Waals surface area contributed by atoms with E-state index in [9.17, 15) is 0 Å². The SMILES string of the molecule is [CH2]O/N=C1\CC(C(=C)C)CC=C1C. The van der Waals surface area contributed by atoms with Crippen molar-refractivity contribution in [2.24, 2.45) is 11.1 Å². The second-order valence-corrected chi connectivity index (χ2v) is 3.54. The molecule has 13 heavy (non-hydrogen) atoms. The van der Waals surface area contributed by atoms with E-state index in [4.69, 9.17) is 0 Å². The third kappa shape index (κ3) is 2.44. The summed E-state index contributed by atoms with van der Waals surface area (Å²) in [6.07, 6.45) is 4.17. The van der Waals surface area contributed by atoms with Crippen molar-refractivity contribution >= 4 is 5.71 Å². The fraction of sp³-hybridized carbons (Fsp3) is 0.455. The zero-order chi connectivity index (χ0) is 9.84. The highest BCUT2D eigenvalue weighted by atomic mass is 16.6. The zero-order valence-electron chi connectivity index (χ0n) is 8.34. The highest BCUT2D eigenvalue weighted by molar-refractivity contribution is 6.00. The quantitative estimate of drug-likeness (QED) is 0.470. The molecule has 1 aliphatic rings. The second kappa shape index (κ2) is 4.26. The second-order valence-electron chi connectivity index (χ2n) is 3.54. The summed E-state index contributed by atoms with van der Waals surface area (Å²) in [7, 11) is 3.25. The lowest BCUT2D eigenvalue weighted by molar-refractivity contribution is 0.258. The summed E-state index contributed by atoms with van der Waals surface area (Å²) < 4.78 is 0. The molecule has 1 aliphatic carbocycles. The molecule has 1 atom stereocenters. The van der Waals surface area contributed by atoms with Gasteiger partial charge in [0.1, 0.15) is 0 Å². The van der Waals surface area contributed by atoms with Gasteiger partial charge in [0.25, 0.3) is 0 Å². The van der Waals surface area contributed by atoms with Gasteiger partial charge in [0.2, 0.25) is 0 Å². The van der Waals surface area contributed by atoms with Crippen molar-refractivity contribution in [3.8, 4) is 0 Å². The molecule has 0 heterocycles. The monoisotopic (exact) mass is 178 g/mol. The summed E-state index contributed by atoms with van der Waals surface area (Å²) in [5.41, 5.74) is 3.40. The lowest BCUT2D eigenvalue weighted by atomic mass is 9.85. The summed E-state index contributed by atoms with van der Waals surface area (Å²) >= 11 is 0. The predicted octanol–water partition coefficient (Wildman–Crippen LogP) is 3.08. The molecular weight excluding hydrogens is 162 g/mol. The summed E-state index contributed by atoms with van der Waals surface area (Å²) in [4.78, 5) is 4.55. The molecular formula is C11H16NO. The topological polar surface area (TPSA) is 21.6 Å². The smallest absolute Gasteiger partial charge is 0.153 e. The number of rotatable bonds is 2. The van der Waals surface area contributed by atoms with Crippen LogP contribution in [-0.4, -0.2) is 5.71 Å². The van der Waals surface area contributed by atoms with E-state index in [0.29, 0.717) is 5.92 Å². The fourth-order valence-electron chi connectivity index (χ4n) is 1.48. The van der Waals surface area contributed by atoms with Crippen molar-refractivity contribution in [2.75, 3.05) is 0 Å². The molecule has 0 saturated carbocycles. The van der Waals surface area contributed by atoms with E-state index < -0.39 is 0 Å². The van der Waals surface area contributed by atoms with Gasteiger partial charge in [0.05, 0.1) is 5.71 Å². The van der Waals surface area contributed by atoms with Crippen LogP contribution in [0.4, 0.5) is 0 Å². The molecule has 0 fully saturated rings. The zero-order valence-corrected chi connectivity index (χ0v) is 8.34. The van der Waals surface area contributed by atoms with E-state index in [2.05, 4.69) is 36.7 Å². The normalized spacial score (nSPS) is 25.6. The van der Waals surface area contributed by atoms with E-state index in [1.165, 1.54) is 11.1 Å². The van der Waals surface area contributed by atoms with Gasteiger partial charge in [0.15, 0.2) is 7.11 Å². The molecule has 2 heteroatoms. The number of oxime groups is 1. The maximum atomic E-state index is 4.55. The van der Waals surface area contributed by atoms with Crippen molar-refractivity contribution in [3.63, 3.8) is 0 Å². The Bertz CT molecular complexity index is 263. The number of nitrogens with zero attached hydrogens (tertiary/aromatic N) is 1. The summed E-state index contributed by atoms with van der Waals surface area (Å²) in [6, 6.07) is 0. The van der Waals surface area contributed by atoms with Crippen LogP contribution in [0.2, 0.25) is 0 Å². The number of allylic oxidation sites excluding steroid dienone is 3. The summed E-state index contributed by atoms with van der Waals surface area (Å²) in [5, 5.41) is 3.89. The Kier molecular flexibility index (Phi) is 3.29. The maximum absolute atomic E-state index is 4.55. The lowest BCUT2D eigenvalue weighted by Crippen LogP contribution is -2.15. The van der Waals surface area contributed by atoms with Gasteiger partial charge >= 0.3 is 0 Å². The summed E-state index contributed by atoms with van der Waals surface area (Å²) in [6.45, 7) is 8.06. The minimum Gasteiger partial charge on any atom is -0.392 e. The molecule has 0 bridgehead atoms. The molecule has 0 spiro atoms. The van der Waals surface area contributed by atoms with E-state index in [1.807, 2.05) is 6.92 Å². The minimum absolute atomic E-state index is 0.512. The third-order valence-corrected chi connectivity index (χ3v) is 2.48. The van der Waals surface area contributed by atoms with Crippen LogP contribution in [0.1, 0.15) is 26.7 Å². The van der Waals surface area contributed by atoms with Gasteiger partial charge in [0, 0.05) is 6.42 Å². The van der Waals surface area contributed by atoms with E-state index in [-0.39, 0.29) is 0 Å². The average molecular weight is 178 g/mol. The van der Waals surface area contributed by atoms with E-state index in [0.717, 1.165) is 18.6 Å². The molecule has 0 saturated heterocycles. The van der Waals surface area contributed by atoms with Gasteiger partial charge in [-0.1, -0.05) is 23.4 Å². The summed E-state index contributed by atoms with van der Waals surface area (Å²) in [5.74, 6) is 0.512. The Morgan fingerprint density at radius 2 is 2.38 bits per heavy atom. The molecule has 2 nitrogen and oxygen atoms in total. The fourth-order valence-corrected chi connectivity index (χ4v) is 1.48. The number of hydrogen-bond donors (Lipinski definition) is 0. The molecule has 1 rings (SSSR count). The van der Waals surface area contributed by atoms with Gasteiger partial charge in [-0.25, -0.2) is 0 Å². The first-order valence-electron chi connectivity index (χ1n) is 4.45. The van der Waals surface area contributed by atoms with Crippen LogP contribution in [0.15, 0.2) is 29.0 Å². The lowest BCUT2D eigenvalue weighted by Gasteiger charge is -2.21. The molecule has 0 aromatic heterocycles. The number of hydrogen-bond acceptors (Lipinski definition) is 2. The molecule has 0 amide bonds. The average Bonchev–Trinajstić information content (AvgIpc) is 2.08. The predicted molar refractivity (Wildman–Crippen MR) is 55.2 cm³/mol. The molecule has 1 unspecified atom stereocenters. The first kappa shape index (κ1) is 10.0. The highest BCUT2D eigenvalue weighted by Crippen LogP contribution is 2.26. The van der Waals surface area contributed by atoms with Crippen molar-refractivity contribution in [2.45, 2.75) is 26.7 Å². The molecule has 0 aromatic rings. The van der Waals surface area contributed by atoms with Crippen molar-refractivity contribution in [1.82, 2.24) is 0 Å². The Morgan fingerprint density at radius 3 is 2.92 bits per heavy atom. The molecule has 0 N–H and O–H groups in total. The van der Waals surface area contributed by atoms with Gasteiger partial charge in [-0.2, -0.15) is 0 Å². The van der Waals surface area contributed by atoms with Crippen LogP contribution < -0.4 is 0 Å². The minimum atomic E-state index is 0.512. The maximum Gasteiger partial charge on any atom is 0.153 e. The van der Waals surface area contributed by atoms with Crippen LogP contribution in [0, 0.1) is 13.0 Å².